The molecule has 1 atom stereocenters. The van der Waals surface area contributed by atoms with Gasteiger partial charge in [0, 0.05) is 32.7 Å². The molecule has 2 heterocycles. The van der Waals surface area contributed by atoms with Gasteiger partial charge < -0.3 is 19.1 Å². The molecule has 0 radical (unpaired) electrons. The molecule has 1 saturated heterocycles. The molecule has 0 saturated carbocycles. The number of carbonyl (C=O) groups excluding carboxylic acids is 1. The first-order valence-corrected chi connectivity index (χ1v) is 10.1. The third-order valence-corrected chi connectivity index (χ3v) is 5.52. The second kappa shape index (κ2) is 8.33. The lowest BCUT2D eigenvalue weighted by Crippen LogP contribution is -2.51. The summed E-state index contributed by atoms with van der Waals surface area (Å²) in [5.74, 6) is 2.46. The van der Waals surface area contributed by atoms with Gasteiger partial charge in [0.15, 0.2) is 17.6 Å². The average molecular weight is 396 g/mol. The van der Waals surface area contributed by atoms with E-state index in [9.17, 15) is 4.79 Å². The summed E-state index contributed by atoms with van der Waals surface area (Å²) in [4.78, 5) is 17.1. The number of benzene rings is 2. The summed E-state index contributed by atoms with van der Waals surface area (Å²) >= 11 is 0. The Bertz CT molecular complexity index is 890. The number of hydrogen-bond acceptors (Lipinski definition) is 5. The topological polar surface area (TPSA) is 51.2 Å². The van der Waals surface area contributed by atoms with Gasteiger partial charge >= 0.3 is 0 Å². The Morgan fingerprint density at radius 3 is 2.59 bits per heavy atom. The van der Waals surface area contributed by atoms with Crippen molar-refractivity contribution >= 4 is 5.91 Å². The van der Waals surface area contributed by atoms with Crippen molar-refractivity contribution in [3.63, 3.8) is 0 Å². The minimum atomic E-state index is -0.490. The number of fused-ring (bicyclic) bond motifs is 1. The van der Waals surface area contributed by atoms with Crippen LogP contribution in [0.1, 0.15) is 23.6 Å². The third kappa shape index (κ3) is 4.48. The lowest BCUT2D eigenvalue weighted by Gasteiger charge is -2.36. The second-order valence-electron chi connectivity index (χ2n) is 7.82. The molecule has 2 aromatic rings. The monoisotopic (exact) mass is 396 g/mol. The molecule has 154 valence electrons. The Morgan fingerprint density at radius 2 is 1.79 bits per heavy atom. The van der Waals surface area contributed by atoms with Gasteiger partial charge in [0.25, 0.3) is 5.91 Å². The maximum Gasteiger partial charge on any atom is 0.263 e. The maximum atomic E-state index is 12.8. The molecule has 1 fully saturated rings. The number of piperazine rings is 1. The van der Waals surface area contributed by atoms with Crippen molar-refractivity contribution in [1.82, 2.24) is 9.80 Å². The van der Waals surface area contributed by atoms with E-state index in [4.69, 9.17) is 14.2 Å². The first-order chi connectivity index (χ1) is 14.0. The first kappa shape index (κ1) is 19.6. The zero-order valence-corrected chi connectivity index (χ0v) is 17.3. The highest BCUT2D eigenvalue weighted by molar-refractivity contribution is 5.81. The van der Waals surface area contributed by atoms with Crippen LogP contribution < -0.4 is 14.2 Å². The standard InChI is InChI=1S/C23H28N2O4/c1-16-4-5-17(2)21(12-16)29-18(3)23(26)25-10-8-24(9-11-25)14-19-6-7-20-22(13-19)28-15-27-20/h4-7,12-13,18H,8-11,14-15H2,1-3H3/t18-/m0/s1. The van der Waals surface area contributed by atoms with Crippen molar-refractivity contribution in [3.8, 4) is 17.2 Å². The number of amides is 1. The fraction of sp³-hybridized carbons (Fsp3) is 0.435. The van der Waals surface area contributed by atoms with Crippen LogP contribution in [0.5, 0.6) is 17.2 Å². The van der Waals surface area contributed by atoms with E-state index >= 15 is 0 Å². The Kier molecular flexibility index (Phi) is 5.62. The molecule has 6 heteroatoms. The Morgan fingerprint density at radius 1 is 1.03 bits per heavy atom. The van der Waals surface area contributed by atoms with Gasteiger partial charge in [-0.3, -0.25) is 9.69 Å². The van der Waals surface area contributed by atoms with E-state index in [0.29, 0.717) is 19.9 Å². The molecule has 2 aliphatic rings. The van der Waals surface area contributed by atoms with Crippen LogP contribution in [0.2, 0.25) is 0 Å². The van der Waals surface area contributed by atoms with Crippen molar-refractivity contribution in [2.75, 3.05) is 33.0 Å². The highest BCUT2D eigenvalue weighted by Gasteiger charge is 2.26. The summed E-state index contributed by atoms with van der Waals surface area (Å²) in [7, 11) is 0. The molecule has 4 rings (SSSR count). The highest BCUT2D eigenvalue weighted by Crippen LogP contribution is 2.32. The van der Waals surface area contributed by atoms with Crippen molar-refractivity contribution in [1.29, 1.82) is 0 Å². The molecule has 0 N–H and O–H groups in total. The Balaban J connectivity index is 1.29. The van der Waals surface area contributed by atoms with Gasteiger partial charge in [-0.05, 0) is 55.7 Å². The normalized spacial score (nSPS) is 17.3. The summed E-state index contributed by atoms with van der Waals surface area (Å²) in [6, 6.07) is 12.1. The van der Waals surface area contributed by atoms with Gasteiger partial charge in [0.1, 0.15) is 5.75 Å². The van der Waals surface area contributed by atoms with Crippen LogP contribution in [-0.4, -0.2) is 54.8 Å². The third-order valence-electron chi connectivity index (χ3n) is 5.52. The minimum absolute atomic E-state index is 0.0497. The number of aryl methyl sites for hydroxylation is 2. The SMILES string of the molecule is Cc1ccc(C)c(O[C@@H](C)C(=O)N2CCN(Cc3ccc4c(c3)OCO4)CC2)c1. The smallest absolute Gasteiger partial charge is 0.263 e. The number of hydrogen-bond donors (Lipinski definition) is 0. The van der Waals surface area contributed by atoms with E-state index in [0.717, 1.165) is 48.0 Å². The molecular formula is C23H28N2O4. The average Bonchev–Trinajstić information content (AvgIpc) is 3.18. The Hall–Kier alpha value is -2.73. The first-order valence-electron chi connectivity index (χ1n) is 10.1. The van der Waals surface area contributed by atoms with E-state index in [2.05, 4.69) is 11.0 Å². The van der Waals surface area contributed by atoms with E-state index in [1.807, 2.05) is 56.0 Å². The molecule has 0 bridgehead atoms. The van der Waals surface area contributed by atoms with Gasteiger partial charge in [0.2, 0.25) is 6.79 Å². The summed E-state index contributed by atoms with van der Waals surface area (Å²) < 4.78 is 16.8. The quantitative estimate of drug-likeness (QED) is 0.777. The summed E-state index contributed by atoms with van der Waals surface area (Å²) in [6.45, 7) is 10.1. The fourth-order valence-electron chi connectivity index (χ4n) is 3.76. The van der Waals surface area contributed by atoms with Crippen LogP contribution in [0.4, 0.5) is 0 Å². The lowest BCUT2D eigenvalue weighted by molar-refractivity contribution is -0.139. The summed E-state index contributed by atoms with van der Waals surface area (Å²) in [5.41, 5.74) is 3.37. The van der Waals surface area contributed by atoms with Crippen molar-refractivity contribution in [3.05, 3.63) is 53.1 Å². The summed E-state index contributed by atoms with van der Waals surface area (Å²) in [6.07, 6.45) is -0.490. The van der Waals surface area contributed by atoms with E-state index in [-0.39, 0.29) is 5.91 Å². The van der Waals surface area contributed by atoms with Gasteiger partial charge in [0.05, 0.1) is 0 Å². The molecule has 0 spiro atoms. The number of rotatable bonds is 5. The molecule has 0 aliphatic carbocycles. The number of nitrogens with zero attached hydrogens (tertiary/aromatic N) is 2. The number of carbonyl (C=O) groups is 1. The van der Waals surface area contributed by atoms with Crippen molar-refractivity contribution in [2.45, 2.75) is 33.4 Å². The van der Waals surface area contributed by atoms with Crippen LogP contribution in [-0.2, 0) is 11.3 Å². The number of ether oxygens (including phenoxy) is 3. The van der Waals surface area contributed by atoms with Gasteiger partial charge in [-0.15, -0.1) is 0 Å². The van der Waals surface area contributed by atoms with Crippen LogP contribution in [0, 0.1) is 13.8 Å². The lowest BCUT2D eigenvalue weighted by atomic mass is 10.1. The molecule has 2 aliphatic heterocycles. The Labute approximate surface area is 172 Å². The summed E-state index contributed by atoms with van der Waals surface area (Å²) in [5, 5.41) is 0. The highest BCUT2D eigenvalue weighted by atomic mass is 16.7. The largest absolute Gasteiger partial charge is 0.481 e. The van der Waals surface area contributed by atoms with Gasteiger partial charge in [-0.25, -0.2) is 0 Å². The van der Waals surface area contributed by atoms with Crippen LogP contribution in [0.15, 0.2) is 36.4 Å². The molecular weight excluding hydrogens is 368 g/mol. The zero-order valence-electron chi connectivity index (χ0n) is 17.3. The van der Waals surface area contributed by atoms with E-state index < -0.39 is 6.10 Å². The van der Waals surface area contributed by atoms with Crippen LogP contribution >= 0.6 is 0 Å². The predicted molar refractivity (Wildman–Crippen MR) is 110 cm³/mol. The van der Waals surface area contributed by atoms with Crippen molar-refractivity contribution in [2.24, 2.45) is 0 Å². The predicted octanol–water partition coefficient (Wildman–Crippen LogP) is 3.14. The van der Waals surface area contributed by atoms with Gasteiger partial charge in [-0.1, -0.05) is 18.2 Å². The molecule has 2 aromatic carbocycles. The molecule has 29 heavy (non-hydrogen) atoms. The van der Waals surface area contributed by atoms with E-state index in [1.165, 1.54) is 5.56 Å². The van der Waals surface area contributed by atoms with Crippen LogP contribution in [0.3, 0.4) is 0 Å². The molecule has 1 amide bonds. The van der Waals surface area contributed by atoms with Crippen molar-refractivity contribution < 1.29 is 19.0 Å². The minimum Gasteiger partial charge on any atom is -0.481 e. The van der Waals surface area contributed by atoms with Gasteiger partial charge in [-0.2, -0.15) is 0 Å². The molecule has 6 nitrogen and oxygen atoms in total. The zero-order chi connectivity index (χ0) is 20.4. The fourth-order valence-corrected chi connectivity index (χ4v) is 3.76. The second-order valence-corrected chi connectivity index (χ2v) is 7.82. The molecule has 0 aromatic heterocycles. The van der Waals surface area contributed by atoms with Crippen LogP contribution in [0.25, 0.3) is 0 Å². The molecule has 0 unspecified atom stereocenters. The maximum absolute atomic E-state index is 12.8. The van der Waals surface area contributed by atoms with E-state index in [1.54, 1.807) is 0 Å².